The summed E-state index contributed by atoms with van der Waals surface area (Å²) in [4.78, 5) is 22.9. The van der Waals surface area contributed by atoms with Gasteiger partial charge in [0.1, 0.15) is 0 Å². The number of sulfonamides is 1. The molecule has 1 aliphatic rings. The first-order valence-corrected chi connectivity index (χ1v) is 10.4. The van der Waals surface area contributed by atoms with Crippen molar-refractivity contribution >= 4 is 27.3 Å². The van der Waals surface area contributed by atoms with E-state index < -0.39 is 20.9 Å². The van der Waals surface area contributed by atoms with Crippen molar-refractivity contribution in [3.63, 3.8) is 0 Å². The van der Waals surface area contributed by atoms with Gasteiger partial charge in [0.15, 0.2) is 0 Å². The van der Waals surface area contributed by atoms with Crippen LogP contribution in [0, 0.1) is 10.1 Å². The maximum absolute atomic E-state index is 13.0. The third-order valence-electron chi connectivity index (χ3n) is 4.76. The standard InChI is InChI=1S/C19H21N3O5S/c1-14-6-2-3-11-21(14)28(26,27)18-10-4-7-15(12-18)19(23)20-16-8-5-9-17(13-16)22(24)25/h4-5,7-10,12-14H,2-3,6,11H2,1H3,(H,20,23)/t14-/m1/s1. The van der Waals surface area contributed by atoms with Gasteiger partial charge in [-0.05, 0) is 44.0 Å². The smallest absolute Gasteiger partial charge is 0.271 e. The molecule has 0 unspecified atom stereocenters. The highest BCUT2D eigenvalue weighted by atomic mass is 32.2. The lowest BCUT2D eigenvalue weighted by Crippen LogP contribution is -2.41. The van der Waals surface area contributed by atoms with E-state index in [-0.39, 0.29) is 27.9 Å². The molecule has 0 aliphatic carbocycles. The monoisotopic (exact) mass is 403 g/mol. The number of nitro groups is 1. The van der Waals surface area contributed by atoms with Gasteiger partial charge in [-0.15, -0.1) is 0 Å². The minimum absolute atomic E-state index is 0.0629. The fourth-order valence-corrected chi connectivity index (χ4v) is 5.01. The minimum Gasteiger partial charge on any atom is -0.322 e. The predicted molar refractivity (Wildman–Crippen MR) is 105 cm³/mol. The number of hydrogen-bond donors (Lipinski definition) is 1. The van der Waals surface area contributed by atoms with Crippen LogP contribution < -0.4 is 5.32 Å². The molecule has 3 rings (SSSR count). The van der Waals surface area contributed by atoms with Crippen LogP contribution in [0.15, 0.2) is 53.4 Å². The maximum atomic E-state index is 13.0. The van der Waals surface area contributed by atoms with Crippen molar-refractivity contribution in [1.29, 1.82) is 0 Å². The van der Waals surface area contributed by atoms with Crippen LogP contribution in [0.4, 0.5) is 11.4 Å². The van der Waals surface area contributed by atoms with Gasteiger partial charge in [-0.25, -0.2) is 8.42 Å². The average Bonchev–Trinajstić information content (AvgIpc) is 2.68. The fraction of sp³-hybridized carbons (Fsp3) is 0.316. The number of carbonyl (C=O) groups excluding carboxylic acids is 1. The Morgan fingerprint density at radius 2 is 1.93 bits per heavy atom. The topological polar surface area (TPSA) is 110 Å². The maximum Gasteiger partial charge on any atom is 0.271 e. The molecular weight excluding hydrogens is 382 g/mol. The van der Waals surface area contributed by atoms with Gasteiger partial charge in [-0.1, -0.05) is 18.6 Å². The van der Waals surface area contributed by atoms with Crippen LogP contribution >= 0.6 is 0 Å². The highest BCUT2D eigenvalue weighted by molar-refractivity contribution is 7.89. The summed E-state index contributed by atoms with van der Waals surface area (Å²) in [5, 5.41) is 13.4. The van der Waals surface area contributed by atoms with E-state index >= 15 is 0 Å². The van der Waals surface area contributed by atoms with E-state index in [0.29, 0.717) is 6.54 Å². The molecule has 0 bridgehead atoms. The second-order valence-corrected chi connectivity index (χ2v) is 8.64. The van der Waals surface area contributed by atoms with Crippen molar-refractivity contribution < 1.29 is 18.1 Å². The first-order chi connectivity index (χ1) is 13.3. The number of piperidine rings is 1. The first kappa shape index (κ1) is 20.0. The zero-order valence-electron chi connectivity index (χ0n) is 15.4. The van der Waals surface area contributed by atoms with Crippen LogP contribution in [0.5, 0.6) is 0 Å². The summed E-state index contributed by atoms with van der Waals surface area (Å²) in [6.45, 7) is 2.35. The van der Waals surface area contributed by atoms with Crippen LogP contribution in [0.2, 0.25) is 0 Å². The second-order valence-electron chi connectivity index (χ2n) is 6.75. The Labute approximate surface area is 163 Å². The number of hydrogen-bond acceptors (Lipinski definition) is 5. The van der Waals surface area contributed by atoms with Gasteiger partial charge in [0.25, 0.3) is 11.6 Å². The van der Waals surface area contributed by atoms with Crippen molar-refractivity contribution in [1.82, 2.24) is 4.31 Å². The quantitative estimate of drug-likeness (QED) is 0.608. The summed E-state index contributed by atoms with van der Waals surface area (Å²) >= 11 is 0. The molecule has 2 aromatic rings. The number of nitrogens with zero attached hydrogens (tertiary/aromatic N) is 2. The first-order valence-electron chi connectivity index (χ1n) is 8.97. The Morgan fingerprint density at radius 1 is 1.18 bits per heavy atom. The van der Waals surface area contributed by atoms with Gasteiger partial charge < -0.3 is 5.32 Å². The summed E-state index contributed by atoms with van der Waals surface area (Å²) in [6.07, 6.45) is 2.63. The number of carbonyl (C=O) groups is 1. The molecular formula is C19H21N3O5S. The van der Waals surface area contributed by atoms with E-state index in [1.807, 2.05) is 6.92 Å². The van der Waals surface area contributed by atoms with Gasteiger partial charge in [-0.2, -0.15) is 4.31 Å². The van der Waals surface area contributed by atoms with E-state index in [4.69, 9.17) is 0 Å². The van der Waals surface area contributed by atoms with E-state index in [0.717, 1.165) is 19.3 Å². The number of benzene rings is 2. The van der Waals surface area contributed by atoms with Crippen molar-refractivity contribution in [2.24, 2.45) is 0 Å². The summed E-state index contributed by atoms with van der Waals surface area (Å²) in [7, 11) is -3.69. The zero-order chi connectivity index (χ0) is 20.3. The Morgan fingerprint density at radius 3 is 2.64 bits per heavy atom. The minimum atomic E-state index is -3.69. The molecule has 1 N–H and O–H groups in total. The van der Waals surface area contributed by atoms with Crippen LogP contribution in [0.25, 0.3) is 0 Å². The molecule has 0 aromatic heterocycles. The lowest BCUT2D eigenvalue weighted by atomic mass is 10.1. The SMILES string of the molecule is C[C@@H]1CCCCN1S(=O)(=O)c1cccc(C(=O)Nc2cccc([N+](=O)[O-])c2)c1. The molecule has 0 saturated carbocycles. The highest BCUT2D eigenvalue weighted by Gasteiger charge is 2.31. The van der Waals surface area contributed by atoms with Gasteiger partial charge in [-0.3, -0.25) is 14.9 Å². The summed E-state index contributed by atoms with van der Waals surface area (Å²) < 4.78 is 27.4. The Balaban J connectivity index is 1.83. The van der Waals surface area contributed by atoms with Crippen LogP contribution in [0.3, 0.4) is 0 Å². The lowest BCUT2D eigenvalue weighted by Gasteiger charge is -2.32. The summed E-state index contributed by atoms with van der Waals surface area (Å²) in [6, 6.07) is 11.3. The molecule has 0 spiro atoms. The molecule has 1 atom stereocenters. The average molecular weight is 403 g/mol. The third kappa shape index (κ3) is 4.20. The van der Waals surface area contributed by atoms with E-state index in [2.05, 4.69) is 5.32 Å². The van der Waals surface area contributed by atoms with E-state index in [1.54, 1.807) is 0 Å². The Hall–Kier alpha value is -2.78. The number of anilines is 1. The molecule has 9 heteroatoms. The molecule has 1 heterocycles. The van der Waals surface area contributed by atoms with Gasteiger partial charge in [0.2, 0.25) is 10.0 Å². The Kier molecular flexibility index (Phi) is 5.76. The number of amides is 1. The van der Waals surface area contributed by atoms with Crippen molar-refractivity contribution in [2.75, 3.05) is 11.9 Å². The number of rotatable bonds is 5. The van der Waals surface area contributed by atoms with Gasteiger partial charge in [0.05, 0.1) is 9.82 Å². The van der Waals surface area contributed by atoms with Crippen molar-refractivity contribution in [2.45, 2.75) is 37.1 Å². The zero-order valence-corrected chi connectivity index (χ0v) is 16.2. The second kappa shape index (κ2) is 8.07. The van der Waals surface area contributed by atoms with Crippen LogP contribution in [-0.4, -0.2) is 36.1 Å². The summed E-state index contributed by atoms with van der Waals surface area (Å²) in [5.74, 6) is -0.538. The van der Waals surface area contributed by atoms with Gasteiger partial charge in [0, 0.05) is 36.0 Å². The molecule has 1 aliphatic heterocycles. The van der Waals surface area contributed by atoms with Crippen LogP contribution in [-0.2, 0) is 10.0 Å². The highest BCUT2D eigenvalue weighted by Crippen LogP contribution is 2.26. The number of non-ortho nitro benzene ring substituents is 1. The molecule has 2 aromatic carbocycles. The number of nitrogens with one attached hydrogen (secondary N) is 1. The fourth-order valence-electron chi connectivity index (χ4n) is 3.26. The molecule has 1 fully saturated rings. The van der Waals surface area contributed by atoms with Crippen molar-refractivity contribution in [3.8, 4) is 0 Å². The van der Waals surface area contributed by atoms with E-state index in [1.165, 1.54) is 52.8 Å². The molecule has 1 amide bonds. The molecule has 148 valence electrons. The third-order valence-corrected chi connectivity index (χ3v) is 6.77. The van der Waals surface area contributed by atoms with Gasteiger partial charge >= 0.3 is 0 Å². The number of nitro benzene ring substituents is 1. The lowest BCUT2D eigenvalue weighted by molar-refractivity contribution is -0.384. The van der Waals surface area contributed by atoms with Crippen LogP contribution in [0.1, 0.15) is 36.5 Å². The molecule has 0 radical (unpaired) electrons. The molecule has 28 heavy (non-hydrogen) atoms. The van der Waals surface area contributed by atoms with Crippen molar-refractivity contribution in [3.05, 3.63) is 64.2 Å². The molecule has 8 nitrogen and oxygen atoms in total. The largest absolute Gasteiger partial charge is 0.322 e. The molecule has 1 saturated heterocycles. The summed E-state index contributed by atoms with van der Waals surface area (Å²) in [5.41, 5.74) is 0.280. The van der Waals surface area contributed by atoms with E-state index in [9.17, 15) is 23.3 Å². The normalized spacial score (nSPS) is 17.8. The Bertz CT molecular complexity index is 1010. The predicted octanol–water partition coefficient (Wildman–Crippen LogP) is 3.41.